The summed E-state index contributed by atoms with van der Waals surface area (Å²) in [5, 5.41) is 12.7. The molecule has 0 saturated carbocycles. The van der Waals surface area contributed by atoms with E-state index in [0.717, 1.165) is 29.6 Å². The molecule has 2 heterocycles. The Balaban J connectivity index is 1.52. The van der Waals surface area contributed by atoms with E-state index in [0.29, 0.717) is 5.13 Å². The number of thiazole rings is 1. The highest BCUT2D eigenvalue weighted by atomic mass is 32.1. The predicted molar refractivity (Wildman–Crippen MR) is 112 cm³/mol. The molecule has 1 aromatic heterocycles. The van der Waals surface area contributed by atoms with E-state index in [9.17, 15) is 14.3 Å². The quantitative estimate of drug-likeness (QED) is 0.644. The number of halogens is 1. The Kier molecular flexibility index (Phi) is 5.35. The van der Waals surface area contributed by atoms with Crippen LogP contribution in [0.1, 0.15) is 23.2 Å². The lowest BCUT2D eigenvalue weighted by molar-refractivity contribution is 0.102. The summed E-state index contributed by atoms with van der Waals surface area (Å²) in [4.78, 5) is 20.0. The van der Waals surface area contributed by atoms with Crippen LogP contribution in [-0.2, 0) is 0 Å². The van der Waals surface area contributed by atoms with Gasteiger partial charge in [-0.1, -0.05) is 23.5 Å². The van der Waals surface area contributed by atoms with Gasteiger partial charge in [-0.15, -0.1) is 0 Å². The van der Waals surface area contributed by atoms with Crippen molar-refractivity contribution in [1.82, 2.24) is 4.98 Å². The summed E-state index contributed by atoms with van der Waals surface area (Å²) in [6.45, 7) is 2.14. The normalized spacial score (nSPS) is 13.5. The highest BCUT2D eigenvalue weighted by Gasteiger charge is 2.17. The van der Waals surface area contributed by atoms with Crippen molar-refractivity contribution in [1.29, 1.82) is 0 Å². The third-order valence-corrected chi connectivity index (χ3v) is 5.80. The number of carbonyl (C=O) groups is 1. The molecule has 0 atom stereocenters. The number of benzene rings is 2. The van der Waals surface area contributed by atoms with Crippen LogP contribution in [0.25, 0.3) is 10.4 Å². The number of phenols is 1. The van der Waals surface area contributed by atoms with Crippen LogP contribution in [0.5, 0.6) is 11.5 Å². The van der Waals surface area contributed by atoms with E-state index in [2.05, 4.69) is 27.3 Å². The Hall–Kier alpha value is -3.13. The minimum absolute atomic E-state index is 0.0323. The van der Waals surface area contributed by atoms with E-state index in [1.54, 1.807) is 6.20 Å². The third-order valence-electron chi connectivity index (χ3n) is 4.84. The molecule has 0 unspecified atom stereocenters. The molecule has 0 radical (unpaired) electrons. The van der Waals surface area contributed by atoms with Gasteiger partial charge in [-0.25, -0.2) is 9.37 Å². The number of phenolic OH excluding ortho intramolecular Hbond substituents is 1. The third kappa shape index (κ3) is 4.02. The second-order valence-corrected chi connectivity index (χ2v) is 7.77. The molecule has 2 aromatic carbocycles. The van der Waals surface area contributed by atoms with Gasteiger partial charge in [-0.05, 0) is 42.7 Å². The first kappa shape index (κ1) is 19.2. The number of anilines is 2. The second-order valence-electron chi connectivity index (χ2n) is 6.74. The minimum atomic E-state index is -0.923. The second kappa shape index (κ2) is 8.08. The smallest absolute Gasteiger partial charge is 0.257 e. The van der Waals surface area contributed by atoms with Crippen molar-refractivity contribution < 1.29 is 19.0 Å². The number of nitrogens with one attached hydrogen (secondary N) is 1. The highest BCUT2D eigenvalue weighted by molar-refractivity contribution is 7.19. The summed E-state index contributed by atoms with van der Waals surface area (Å²) >= 11 is 1.34. The molecule has 1 aliphatic heterocycles. The number of aromatic nitrogens is 1. The molecule has 0 bridgehead atoms. The van der Waals surface area contributed by atoms with E-state index in [1.807, 2.05) is 12.1 Å². The first-order chi connectivity index (χ1) is 14.0. The molecule has 3 aromatic rings. The Morgan fingerprint density at radius 3 is 2.83 bits per heavy atom. The SMILES string of the molecule is COc1cc(C(=O)Nc2ncc(-c3cccc(N4CCCC4)c3)s2)cc(F)c1O. The Morgan fingerprint density at radius 2 is 2.07 bits per heavy atom. The van der Waals surface area contributed by atoms with Gasteiger partial charge in [0.2, 0.25) is 0 Å². The standard InChI is InChI=1S/C21H20FN3O3S/c1-28-17-11-14(10-16(22)19(17)26)20(27)24-21-23-12-18(29-21)13-5-4-6-15(9-13)25-7-2-3-8-25/h4-6,9-12,26H,2-3,7-8H2,1H3,(H,23,24,27). The van der Waals surface area contributed by atoms with Gasteiger partial charge in [0.1, 0.15) is 0 Å². The Bertz CT molecular complexity index is 1050. The predicted octanol–water partition coefficient (Wildman–Crippen LogP) is 4.52. The molecule has 6 nitrogen and oxygen atoms in total. The molecule has 1 saturated heterocycles. The van der Waals surface area contributed by atoms with Crippen molar-refractivity contribution in [3.63, 3.8) is 0 Å². The maximum Gasteiger partial charge on any atom is 0.257 e. The molecule has 1 fully saturated rings. The maximum absolute atomic E-state index is 13.8. The molecule has 8 heteroatoms. The van der Waals surface area contributed by atoms with Crippen molar-refractivity contribution in [2.24, 2.45) is 0 Å². The number of nitrogens with zero attached hydrogens (tertiary/aromatic N) is 2. The molecule has 1 aliphatic rings. The molecule has 0 spiro atoms. The zero-order chi connectivity index (χ0) is 20.4. The highest BCUT2D eigenvalue weighted by Crippen LogP contribution is 2.33. The number of ether oxygens (including phenoxy) is 1. The lowest BCUT2D eigenvalue weighted by Crippen LogP contribution is -2.17. The molecular weight excluding hydrogens is 393 g/mol. The number of carbonyl (C=O) groups excluding carboxylic acids is 1. The summed E-state index contributed by atoms with van der Waals surface area (Å²) in [5.41, 5.74) is 2.25. The minimum Gasteiger partial charge on any atom is -0.502 e. The average molecular weight is 413 g/mol. The van der Waals surface area contributed by atoms with Crippen LogP contribution >= 0.6 is 11.3 Å². The topological polar surface area (TPSA) is 74.7 Å². The van der Waals surface area contributed by atoms with Crippen molar-refractivity contribution in [3.05, 3.63) is 54.0 Å². The number of methoxy groups -OCH3 is 1. The Labute approximate surface area is 171 Å². The average Bonchev–Trinajstić information content (AvgIpc) is 3.42. The summed E-state index contributed by atoms with van der Waals surface area (Å²) in [6.07, 6.45) is 4.13. The van der Waals surface area contributed by atoms with E-state index in [4.69, 9.17) is 4.74 Å². The van der Waals surface area contributed by atoms with Gasteiger partial charge >= 0.3 is 0 Å². The zero-order valence-electron chi connectivity index (χ0n) is 15.8. The molecule has 0 aliphatic carbocycles. The van der Waals surface area contributed by atoms with E-state index in [1.165, 1.54) is 43.0 Å². The fraction of sp³-hybridized carbons (Fsp3) is 0.238. The molecule has 29 heavy (non-hydrogen) atoms. The van der Waals surface area contributed by atoms with Gasteiger partial charge in [-0.3, -0.25) is 10.1 Å². The van der Waals surface area contributed by atoms with Gasteiger partial charge in [0, 0.05) is 30.5 Å². The Morgan fingerprint density at radius 1 is 1.28 bits per heavy atom. The van der Waals surface area contributed by atoms with Gasteiger partial charge < -0.3 is 14.7 Å². The van der Waals surface area contributed by atoms with Gasteiger partial charge in [0.25, 0.3) is 5.91 Å². The van der Waals surface area contributed by atoms with Gasteiger partial charge in [0.05, 0.1) is 12.0 Å². The van der Waals surface area contributed by atoms with Crippen LogP contribution in [0.2, 0.25) is 0 Å². The zero-order valence-corrected chi connectivity index (χ0v) is 16.6. The van der Waals surface area contributed by atoms with Crippen molar-refractivity contribution in [2.75, 3.05) is 30.4 Å². The number of hydrogen-bond donors (Lipinski definition) is 2. The number of rotatable bonds is 5. The fourth-order valence-electron chi connectivity index (χ4n) is 3.33. The number of aromatic hydroxyl groups is 1. The first-order valence-corrected chi connectivity index (χ1v) is 10.1. The molecule has 2 N–H and O–H groups in total. The van der Waals surface area contributed by atoms with E-state index >= 15 is 0 Å². The van der Waals surface area contributed by atoms with E-state index < -0.39 is 17.5 Å². The summed E-state index contributed by atoms with van der Waals surface area (Å²) in [5.74, 6) is -2.19. The van der Waals surface area contributed by atoms with Crippen LogP contribution in [-0.4, -0.2) is 36.2 Å². The van der Waals surface area contributed by atoms with Gasteiger partial charge in [-0.2, -0.15) is 0 Å². The monoisotopic (exact) mass is 413 g/mol. The largest absolute Gasteiger partial charge is 0.502 e. The molecule has 1 amide bonds. The lowest BCUT2D eigenvalue weighted by Gasteiger charge is -2.18. The van der Waals surface area contributed by atoms with Gasteiger partial charge in [0.15, 0.2) is 22.4 Å². The maximum atomic E-state index is 13.8. The molecular formula is C21H20FN3O3S. The fourth-order valence-corrected chi connectivity index (χ4v) is 4.13. The molecule has 150 valence electrons. The summed E-state index contributed by atoms with van der Waals surface area (Å²) in [6, 6.07) is 10.5. The van der Waals surface area contributed by atoms with Crippen LogP contribution in [0.4, 0.5) is 15.2 Å². The summed E-state index contributed by atoms with van der Waals surface area (Å²) in [7, 11) is 1.29. The number of hydrogen-bond acceptors (Lipinski definition) is 6. The van der Waals surface area contributed by atoms with Crippen LogP contribution < -0.4 is 15.0 Å². The van der Waals surface area contributed by atoms with Crippen LogP contribution in [0.3, 0.4) is 0 Å². The van der Waals surface area contributed by atoms with E-state index in [-0.39, 0.29) is 11.3 Å². The van der Waals surface area contributed by atoms with Crippen molar-refractivity contribution in [3.8, 4) is 21.9 Å². The molecule has 4 rings (SSSR count). The van der Waals surface area contributed by atoms with Crippen LogP contribution in [0, 0.1) is 5.82 Å². The van der Waals surface area contributed by atoms with Crippen molar-refractivity contribution in [2.45, 2.75) is 12.8 Å². The first-order valence-electron chi connectivity index (χ1n) is 9.24. The van der Waals surface area contributed by atoms with Crippen molar-refractivity contribution >= 4 is 28.1 Å². The number of amides is 1. The van der Waals surface area contributed by atoms with Crippen LogP contribution in [0.15, 0.2) is 42.6 Å². The summed E-state index contributed by atoms with van der Waals surface area (Å²) < 4.78 is 18.7. The lowest BCUT2D eigenvalue weighted by atomic mass is 10.1.